The van der Waals surface area contributed by atoms with Gasteiger partial charge in [0.1, 0.15) is 17.8 Å². The number of carbonyl (C=O) groups excluding carboxylic acids is 3. The molecule has 0 aliphatic carbocycles. The number of carbonyl (C=O) groups is 3. The van der Waals surface area contributed by atoms with Crippen molar-refractivity contribution in [3.05, 3.63) is 53.6 Å². The number of phenols is 1. The van der Waals surface area contributed by atoms with Crippen LogP contribution < -0.4 is 27.8 Å². The molecule has 9 nitrogen and oxygen atoms in total. The van der Waals surface area contributed by atoms with E-state index in [-0.39, 0.29) is 25.0 Å². The van der Waals surface area contributed by atoms with Crippen molar-refractivity contribution >= 4 is 17.7 Å². The van der Waals surface area contributed by atoms with Crippen molar-refractivity contribution in [3.63, 3.8) is 0 Å². The smallest absolute Gasteiger partial charge is 0.243 e. The third-order valence-electron chi connectivity index (χ3n) is 5.55. The second kappa shape index (κ2) is 10.3. The summed E-state index contributed by atoms with van der Waals surface area (Å²) in [7, 11) is 0. The van der Waals surface area contributed by atoms with Crippen LogP contribution in [-0.2, 0) is 27.2 Å². The van der Waals surface area contributed by atoms with E-state index in [2.05, 4.69) is 10.6 Å². The van der Waals surface area contributed by atoms with E-state index < -0.39 is 35.8 Å². The van der Waals surface area contributed by atoms with E-state index in [1.165, 1.54) is 0 Å². The second-order valence-corrected chi connectivity index (χ2v) is 8.01. The Labute approximate surface area is 186 Å². The van der Waals surface area contributed by atoms with E-state index in [9.17, 15) is 19.5 Å². The molecule has 9 N–H and O–H groups in total. The Hall–Kier alpha value is -3.43. The highest BCUT2D eigenvalue weighted by Crippen LogP contribution is 2.28. The zero-order valence-electron chi connectivity index (χ0n) is 17.7. The molecular weight excluding hydrogens is 410 g/mol. The van der Waals surface area contributed by atoms with Crippen LogP contribution in [0.3, 0.4) is 0 Å². The lowest BCUT2D eigenvalue weighted by atomic mass is 9.96. The summed E-state index contributed by atoms with van der Waals surface area (Å²) in [5.41, 5.74) is 20.2. The van der Waals surface area contributed by atoms with Crippen LogP contribution in [-0.4, -0.2) is 47.5 Å². The van der Waals surface area contributed by atoms with Crippen LogP contribution in [0.5, 0.6) is 5.75 Å². The molecule has 3 amide bonds. The predicted octanol–water partition coefficient (Wildman–Crippen LogP) is -0.321. The fourth-order valence-electron chi connectivity index (χ4n) is 3.74. The average Bonchev–Trinajstić information content (AvgIpc) is 2.76. The van der Waals surface area contributed by atoms with Crippen LogP contribution in [0.2, 0.25) is 0 Å². The zero-order valence-corrected chi connectivity index (χ0v) is 17.7. The summed E-state index contributed by atoms with van der Waals surface area (Å²) in [6.07, 6.45) is 1.04. The number of phenolic OH excluding ortho intramolecular Hbond substituents is 1. The summed E-state index contributed by atoms with van der Waals surface area (Å²) < 4.78 is 0. The molecule has 2 aromatic rings. The summed E-state index contributed by atoms with van der Waals surface area (Å²) in [5, 5.41) is 15.6. The standard InChI is InChI=1S/C23H29N5O4/c24-8-2-5-18-23(32)28-19(21(26)30)10-13-3-1-4-14(9-13)15-6-7-20(29)16(11-15)12-17(25)22(31)27-18/h1,3-4,6-7,9,11,17-19,29H,2,5,8,10,12,24-25H2,(H2,26,30)(H,27,31)(H,28,32)/t17-,18-,19-/m0/s1. The molecular formula is C23H29N5O4. The highest BCUT2D eigenvalue weighted by molar-refractivity contribution is 5.93. The van der Waals surface area contributed by atoms with Gasteiger partial charge in [0, 0.05) is 12.8 Å². The number of hydrogen-bond acceptors (Lipinski definition) is 6. The van der Waals surface area contributed by atoms with Crippen LogP contribution in [0.25, 0.3) is 11.1 Å². The fraction of sp³-hybridized carbons (Fsp3) is 0.348. The Bertz CT molecular complexity index is 1010. The first kappa shape index (κ1) is 23.2. The van der Waals surface area contributed by atoms with Gasteiger partial charge in [-0.05, 0) is 53.8 Å². The Balaban J connectivity index is 2.04. The van der Waals surface area contributed by atoms with Crippen LogP contribution in [0.15, 0.2) is 42.5 Å². The molecule has 0 unspecified atom stereocenters. The Morgan fingerprint density at radius 2 is 1.78 bits per heavy atom. The summed E-state index contributed by atoms with van der Waals surface area (Å²) in [6, 6.07) is 9.71. The summed E-state index contributed by atoms with van der Waals surface area (Å²) in [6.45, 7) is 0.332. The highest BCUT2D eigenvalue weighted by Gasteiger charge is 2.28. The topological polar surface area (TPSA) is 174 Å². The molecule has 3 rings (SSSR count). The third-order valence-corrected chi connectivity index (χ3v) is 5.55. The molecule has 170 valence electrons. The molecule has 9 heteroatoms. The summed E-state index contributed by atoms with van der Waals surface area (Å²) in [5.74, 6) is -1.72. The van der Waals surface area contributed by atoms with Gasteiger partial charge >= 0.3 is 0 Å². The van der Waals surface area contributed by atoms with Gasteiger partial charge in [0.25, 0.3) is 0 Å². The SMILES string of the molecule is NCCC[C@@H]1NC(=O)[C@@H](N)Cc2cc(ccc2O)-c2cccc(c2)C[C@@H](C(N)=O)NC1=O. The van der Waals surface area contributed by atoms with Crippen molar-refractivity contribution in [1.29, 1.82) is 0 Å². The zero-order chi connectivity index (χ0) is 23.3. The van der Waals surface area contributed by atoms with Gasteiger partial charge < -0.3 is 32.9 Å². The van der Waals surface area contributed by atoms with Crippen LogP contribution in [0.1, 0.15) is 24.0 Å². The Morgan fingerprint density at radius 3 is 2.50 bits per heavy atom. The molecule has 2 aromatic carbocycles. The number of hydrogen-bond donors (Lipinski definition) is 6. The summed E-state index contributed by atoms with van der Waals surface area (Å²) >= 11 is 0. The molecule has 1 heterocycles. The van der Waals surface area contributed by atoms with E-state index >= 15 is 0 Å². The van der Waals surface area contributed by atoms with Crippen molar-refractivity contribution in [3.8, 4) is 16.9 Å². The molecule has 3 atom stereocenters. The van der Waals surface area contributed by atoms with Crippen molar-refractivity contribution in [2.45, 2.75) is 43.8 Å². The highest BCUT2D eigenvalue weighted by atomic mass is 16.3. The van der Waals surface area contributed by atoms with Crippen molar-refractivity contribution in [2.24, 2.45) is 17.2 Å². The van der Waals surface area contributed by atoms with Crippen LogP contribution >= 0.6 is 0 Å². The van der Waals surface area contributed by atoms with Gasteiger partial charge in [-0.2, -0.15) is 0 Å². The van der Waals surface area contributed by atoms with E-state index in [0.29, 0.717) is 18.5 Å². The van der Waals surface area contributed by atoms with Gasteiger partial charge in [-0.1, -0.05) is 30.3 Å². The maximum Gasteiger partial charge on any atom is 0.243 e. The number of benzene rings is 2. The number of rotatable bonds is 4. The number of fused-ring (bicyclic) bond motifs is 5. The van der Waals surface area contributed by atoms with Gasteiger partial charge in [-0.15, -0.1) is 0 Å². The minimum Gasteiger partial charge on any atom is -0.508 e. The molecule has 0 saturated carbocycles. The predicted molar refractivity (Wildman–Crippen MR) is 120 cm³/mol. The molecule has 1 aliphatic heterocycles. The number of nitrogens with one attached hydrogen (secondary N) is 2. The van der Waals surface area contributed by atoms with E-state index in [1.54, 1.807) is 18.2 Å². The lowest BCUT2D eigenvalue weighted by molar-refractivity contribution is -0.131. The van der Waals surface area contributed by atoms with E-state index in [0.717, 1.165) is 16.7 Å². The lowest BCUT2D eigenvalue weighted by Gasteiger charge is -2.23. The number of nitrogens with two attached hydrogens (primary N) is 3. The average molecular weight is 440 g/mol. The maximum atomic E-state index is 12.9. The maximum absolute atomic E-state index is 12.9. The molecule has 0 aromatic heterocycles. The molecule has 1 aliphatic rings. The molecule has 0 fully saturated rings. The molecule has 4 bridgehead atoms. The Kier molecular flexibility index (Phi) is 7.45. The van der Waals surface area contributed by atoms with Crippen molar-refractivity contribution in [1.82, 2.24) is 10.6 Å². The first-order chi connectivity index (χ1) is 15.3. The number of aromatic hydroxyl groups is 1. The third kappa shape index (κ3) is 5.63. The van der Waals surface area contributed by atoms with Crippen LogP contribution in [0, 0.1) is 0 Å². The fourth-order valence-corrected chi connectivity index (χ4v) is 3.74. The quantitative estimate of drug-likeness (QED) is 0.381. The second-order valence-electron chi connectivity index (χ2n) is 8.01. The molecule has 0 spiro atoms. The van der Waals surface area contributed by atoms with E-state index in [4.69, 9.17) is 17.2 Å². The van der Waals surface area contributed by atoms with Gasteiger partial charge in [0.15, 0.2) is 0 Å². The van der Waals surface area contributed by atoms with Gasteiger partial charge in [-0.3, -0.25) is 14.4 Å². The molecule has 32 heavy (non-hydrogen) atoms. The van der Waals surface area contributed by atoms with Crippen molar-refractivity contribution in [2.75, 3.05) is 6.54 Å². The first-order valence-electron chi connectivity index (χ1n) is 10.6. The van der Waals surface area contributed by atoms with Crippen molar-refractivity contribution < 1.29 is 19.5 Å². The van der Waals surface area contributed by atoms with Crippen LogP contribution in [0.4, 0.5) is 0 Å². The van der Waals surface area contributed by atoms with Gasteiger partial charge in [0.05, 0.1) is 6.04 Å². The molecule has 0 saturated heterocycles. The first-order valence-corrected chi connectivity index (χ1v) is 10.6. The minimum absolute atomic E-state index is 0.0312. The van der Waals surface area contributed by atoms with Gasteiger partial charge in [-0.25, -0.2) is 0 Å². The van der Waals surface area contributed by atoms with E-state index in [1.807, 2.05) is 24.3 Å². The monoisotopic (exact) mass is 439 g/mol. The normalized spacial score (nSPS) is 21.6. The summed E-state index contributed by atoms with van der Waals surface area (Å²) in [4.78, 5) is 37.7. The van der Waals surface area contributed by atoms with Gasteiger partial charge in [0.2, 0.25) is 17.7 Å². The Morgan fingerprint density at radius 1 is 1.03 bits per heavy atom. The lowest BCUT2D eigenvalue weighted by Crippen LogP contribution is -2.56. The minimum atomic E-state index is -0.993. The number of amides is 3. The largest absolute Gasteiger partial charge is 0.508 e. The number of primary amides is 1. The molecule has 0 radical (unpaired) electrons.